The van der Waals surface area contributed by atoms with E-state index in [1.165, 1.54) is 43.4 Å². The number of amides is 1. The monoisotopic (exact) mass is 387 g/mol. The van der Waals surface area contributed by atoms with Crippen molar-refractivity contribution in [2.45, 2.75) is 77.9 Å². The Morgan fingerprint density at radius 1 is 1.27 bits per heavy atom. The van der Waals surface area contributed by atoms with Crippen LogP contribution >= 0.6 is 11.3 Å². The third-order valence-corrected chi connectivity index (χ3v) is 4.12. The summed E-state index contributed by atoms with van der Waals surface area (Å²) in [5, 5.41) is 17.9. The zero-order valence-corrected chi connectivity index (χ0v) is 17.6. The van der Waals surface area contributed by atoms with Gasteiger partial charge >= 0.3 is 0 Å². The van der Waals surface area contributed by atoms with Gasteiger partial charge in [-0.05, 0) is 27.2 Å². The molecule has 0 bridgehead atoms. The van der Waals surface area contributed by atoms with Crippen LogP contribution in [0.2, 0.25) is 0 Å². The summed E-state index contributed by atoms with van der Waals surface area (Å²) in [6, 6.07) is 0. The van der Waals surface area contributed by atoms with E-state index in [1.807, 2.05) is 5.38 Å². The maximum atomic E-state index is 9.83. The first-order valence-corrected chi connectivity index (χ1v) is 10.4. The highest BCUT2D eigenvalue weighted by molar-refractivity contribution is 7.11. The second-order valence-electron chi connectivity index (χ2n) is 7.23. The first-order chi connectivity index (χ1) is 12.4. The van der Waals surface area contributed by atoms with Crippen molar-refractivity contribution in [1.29, 1.82) is 0 Å². The SMILES string of the molecule is CC(C)(C)NCC(O)COc1nccs1.CCCCCCCCNC=O. The lowest BCUT2D eigenvalue weighted by Gasteiger charge is -2.22. The molecule has 0 saturated heterocycles. The van der Waals surface area contributed by atoms with Crippen LogP contribution in [0.25, 0.3) is 0 Å². The smallest absolute Gasteiger partial charge is 0.273 e. The van der Waals surface area contributed by atoms with Gasteiger partial charge in [0.25, 0.3) is 5.19 Å². The molecule has 6 nitrogen and oxygen atoms in total. The third-order valence-electron chi connectivity index (χ3n) is 3.43. The molecule has 1 amide bonds. The molecule has 26 heavy (non-hydrogen) atoms. The molecule has 0 fully saturated rings. The second kappa shape index (κ2) is 16.0. The van der Waals surface area contributed by atoms with Gasteiger partial charge in [-0.25, -0.2) is 4.98 Å². The maximum absolute atomic E-state index is 9.83. The van der Waals surface area contributed by atoms with E-state index >= 15 is 0 Å². The molecule has 152 valence electrons. The number of nitrogens with zero attached hydrogens (tertiary/aromatic N) is 1. The molecule has 0 aliphatic heterocycles. The molecule has 1 heterocycles. The van der Waals surface area contributed by atoms with Gasteiger partial charge < -0.3 is 20.5 Å². The molecular formula is C19H37N3O3S. The summed E-state index contributed by atoms with van der Waals surface area (Å²) >= 11 is 1.42. The molecule has 3 N–H and O–H groups in total. The Bertz CT molecular complexity index is 422. The fourth-order valence-electron chi connectivity index (χ4n) is 2.00. The number of hydrogen-bond acceptors (Lipinski definition) is 6. The summed E-state index contributed by atoms with van der Waals surface area (Å²) in [5.41, 5.74) is 0.0160. The number of carbonyl (C=O) groups excluding carboxylic acids is 1. The number of nitrogens with one attached hydrogen (secondary N) is 2. The van der Waals surface area contributed by atoms with Gasteiger partial charge in [-0.1, -0.05) is 50.4 Å². The van der Waals surface area contributed by atoms with Gasteiger partial charge in [-0.3, -0.25) is 4.79 Å². The Morgan fingerprint density at radius 2 is 1.96 bits per heavy atom. The van der Waals surface area contributed by atoms with Crippen molar-refractivity contribution in [1.82, 2.24) is 15.6 Å². The summed E-state index contributed by atoms with van der Waals surface area (Å²) in [7, 11) is 0. The topological polar surface area (TPSA) is 83.5 Å². The van der Waals surface area contributed by atoms with E-state index in [-0.39, 0.29) is 12.1 Å². The number of aliphatic hydroxyl groups is 1. The number of rotatable bonds is 13. The van der Waals surface area contributed by atoms with E-state index in [9.17, 15) is 9.90 Å². The molecule has 1 rings (SSSR count). The number of unbranched alkanes of at least 4 members (excludes halogenated alkanes) is 5. The van der Waals surface area contributed by atoms with Gasteiger partial charge in [0.15, 0.2) is 0 Å². The van der Waals surface area contributed by atoms with Gasteiger partial charge in [0.1, 0.15) is 12.7 Å². The van der Waals surface area contributed by atoms with Gasteiger partial charge in [-0.2, -0.15) is 0 Å². The molecule has 0 aliphatic rings. The number of hydrogen-bond donors (Lipinski definition) is 3. The summed E-state index contributed by atoms with van der Waals surface area (Å²) in [5.74, 6) is 0. The van der Waals surface area contributed by atoms with E-state index in [0.717, 1.165) is 19.4 Å². The average molecular weight is 388 g/mol. The van der Waals surface area contributed by atoms with Crippen molar-refractivity contribution in [3.05, 3.63) is 11.6 Å². The molecule has 1 aromatic heterocycles. The number of ether oxygens (including phenoxy) is 1. The fraction of sp³-hybridized carbons (Fsp3) is 0.789. The minimum Gasteiger partial charge on any atom is -0.467 e. The van der Waals surface area contributed by atoms with Crippen LogP contribution in [0.15, 0.2) is 11.6 Å². The predicted octanol–water partition coefficient (Wildman–Crippen LogP) is 3.36. The first kappa shape index (κ1) is 24.8. The van der Waals surface area contributed by atoms with Crippen LogP contribution in [0.5, 0.6) is 5.19 Å². The Kier molecular flexibility index (Phi) is 15.3. The van der Waals surface area contributed by atoms with Crippen molar-refractivity contribution >= 4 is 17.7 Å². The van der Waals surface area contributed by atoms with E-state index in [1.54, 1.807) is 6.20 Å². The molecule has 0 saturated carbocycles. The van der Waals surface area contributed by atoms with Gasteiger partial charge in [0.05, 0.1) is 0 Å². The number of thiazole rings is 1. The minimum absolute atomic E-state index is 0.0160. The zero-order valence-electron chi connectivity index (χ0n) is 16.8. The molecule has 7 heteroatoms. The minimum atomic E-state index is -0.506. The molecule has 0 spiro atoms. The Labute approximate surface area is 162 Å². The van der Waals surface area contributed by atoms with Gasteiger partial charge in [0, 0.05) is 30.2 Å². The van der Waals surface area contributed by atoms with Crippen LogP contribution in [0.1, 0.15) is 66.2 Å². The largest absolute Gasteiger partial charge is 0.467 e. The van der Waals surface area contributed by atoms with Gasteiger partial charge in [0.2, 0.25) is 6.41 Å². The molecule has 1 atom stereocenters. The van der Waals surface area contributed by atoms with E-state index in [4.69, 9.17) is 4.74 Å². The van der Waals surface area contributed by atoms with Crippen LogP contribution < -0.4 is 15.4 Å². The summed E-state index contributed by atoms with van der Waals surface area (Å²) in [4.78, 5) is 13.8. The highest BCUT2D eigenvalue weighted by atomic mass is 32.1. The quantitative estimate of drug-likeness (QED) is 0.357. The molecular weight excluding hydrogens is 350 g/mol. The summed E-state index contributed by atoms with van der Waals surface area (Å²) in [6.07, 6.45) is 9.63. The Balaban J connectivity index is 0.000000508. The normalized spacial score (nSPS) is 12.0. The Hall–Kier alpha value is -1.18. The number of β-amino-alcohol motifs (C(OH)–C–C–N with tert-alkyl or cyclic N) is 1. The second-order valence-corrected chi connectivity index (χ2v) is 8.09. The fourth-order valence-corrected chi connectivity index (χ4v) is 2.49. The lowest BCUT2D eigenvalue weighted by atomic mass is 10.1. The number of carbonyl (C=O) groups is 1. The van der Waals surface area contributed by atoms with Gasteiger partial charge in [-0.15, -0.1) is 0 Å². The lowest BCUT2D eigenvalue weighted by molar-refractivity contribution is -0.109. The molecule has 0 aromatic carbocycles. The highest BCUT2D eigenvalue weighted by Crippen LogP contribution is 2.13. The van der Waals surface area contributed by atoms with Crippen LogP contribution in [-0.4, -0.2) is 47.8 Å². The average Bonchev–Trinajstić information content (AvgIpc) is 3.11. The van der Waals surface area contributed by atoms with E-state index < -0.39 is 6.10 Å². The van der Waals surface area contributed by atoms with E-state index in [0.29, 0.717) is 11.7 Å². The molecule has 1 unspecified atom stereocenters. The summed E-state index contributed by atoms with van der Waals surface area (Å²) in [6.45, 7) is 10.0. The summed E-state index contributed by atoms with van der Waals surface area (Å²) < 4.78 is 5.29. The lowest BCUT2D eigenvalue weighted by Crippen LogP contribution is -2.42. The first-order valence-electron chi connectivity index (χ1n) is 9.51. The molecule has 0 aliphatic carbocycles. The number of aromatic nitrogens is 1. The molecule has 0 radical (unpaired) electrons. The zero-order chi connectivity index (χ0) is 19.7. The van der Waals surface area contributed by atoms with Crippen LogP contribution in [0, 0.1) is 0 Å². The standard InChI is InChI=1S/C10H18N2O2S.C9H19NO/c1-10(2,3)12-6-8(13)7-14-9-11-4-5-15-9;1-2-3-4-5-6-7-8-10-9-11/h4-5,8,12-13H,6-7H2,1-3H3;9H,2-8H2,1H3,(H,10,11). The van der Waals surface area contributed by atoms with Crippen molar-refractivity contribution in [3.63, 3.8) is 0 Å². The van der Waals surface area contributed by atoms with Crippen LogP contribution in [0.3, 0.4) is 0 Å². The third kappa shape index (κ3) is 17.6. The maximum Gasteiger partial charge on any atom is 0.273 e. The van der Waals surface area contributed by atoms with Crippen LogP contribution in [-0.2, 0) is 4.79 Å². The van der Waals surface area contributed by atoms with Crippen molar-refractivity contribution < 1.29 is 14.6 Å². The van der Waals surface area contributed by atoms with Crippen molar-refractivity contribution in [2.75, 3.05) is 19.7 Å². The number of aliphatic hydroxyl groups excluding tert-OH is 1. The van der Waals surface area contributed by atoms with Crippen molar-refractivity contribution in [3.8, 4) is 5.19 Å². The van der Waals surface area contributed by atoms with Crippen molar-refractivity contribution in [2.24, 2.45) is 0 Å². The van der Waals surface area contributed by atoms with Crippen LogP contribution in [0.4, 0.5) is 0 Å². The molecule has 1 aromatic rings. The van der Waals surface area contributed by atoms with E-state index in [2.05, 4.69) is 43.3 Å². The Morgan fingerprint density at radius 3 is 2.54 bits per heavy atom. The predicted molar refractivity (Wildman–Crippen MR) is 109 cm³/mol. The highest BCUT2D eigenvalue weighted by Gasteiger charge is 2.12.